The number of methoxy groups -OCH3 is 1. The van der Waals surface area contributed by atoms with Crippen molar-refractivity contribution in [2.45, 2.75) is 39.8 Å². The number of carbonyl (C=O) groups excluding carboxylic acids is 1. The summed E-state index contributed by atoms with van der Waals surface area (Å²) in [7, 11) is 1.56. The molecule has 0 aliphatic carbocycles. The number of ether oxygens (including phenoxy) is 3. The Hall–Kier alpha value is -1.71. The van der Waals surface area contributed by atoms with Gasteiger partial charge in [0.15, 0.2) is 4.80 Å². The Morgan fingerprint density at radius 1 is 1.24 bits per heavy atom. The molecular formula is C27H25BrI2N2O5S. The Kier molecular flexibility index (Phi) is 9.41. The molecule has 3 aromatic rings. The molecule has 7 nitrogen and oxygen atoms in total. The number of hydrogen-bond acceptors (Lipinski definition) is 7. The minimum absolute atomic E-state index is 0.248. The zero-order valence-electron chi connectivity index (χ0n) is 21.3. The maximum Gasteiger partial charge on any atom is 0.338 e. The first-order chi connectivity index (χ1) is 18.0. The van der Waals surface area contributed by atoms with Gasteiger partial charge in [-0.25, -0.2) is 9.79 Å². The van der Waals surface area contributed by atoms with Gasteiger partial charge in [0.25, 0.3) is 5.56 Å². The molecule has 2 heterocycles. The number of rotatable bonds is 7. The average molecular weight is 823 g/mol. The molecule has 0 bridgehead atoms. The molecule has 1 aliphatic rings. The summed E-state index contributed by atoms with van der Waals surface area (Å²) in [5.41, 5.74) is 2.09. The zero-order chi connectivity index (χ0) is 27.7. The van der Waals surface area contributed by atoms with Crippen molar-refractivity contribution < 1.29 is 19.0 Å². The SMILES string of the molecule is CCOc1c(I)cc(/C=c2\sc3n(c2=O)[C@@H](c2cc(Br)ccc2OC)C(C(=O)OC(C)C)=C(C)N=3)cc1I. The summed E-state index contributed by atoms with van der Waals surface area (Å²) in [5.74, 6) is 0.865. The van der Waals surface area contributed by atoms with Crippen LogP contribution < -0.4 is 24.4 Å². The van der Waals surface area contributed by atoms with Crippen molar-refractivity contribution in [1.29, 1.82) is 0 Å². The minimum atomic E-state index is -0.771. The Morgan fingerprint density at radius 2 is 1.92 bits per heavy atom. The molecule has 0 amide bonds. The lowest BCUT2D eigenvalue weighted by Gasteiger charge is -2.26. The van der Waals surface area contributed by atoms with Crippen LogP contribution in [0.3, 0.4) is 0 Å². The van der Waals surface area contributed by atoms with E-state index >= 15 is 0 Å². The first-order valence-corrected chi connectivity index (χ1v) is 15.5. The van der Waals surface area contributed by atoms with Crippen LogP contribution in [0.15, 0.2) is 55.9 Å². The number of benzene rings is 2. The largest absolute Gasteiger partial charge is 0.496 e. The van der Waals surface area contributed by atoms with Gasteiger partial charge < -0.3 is 14.2 Å². The Balaban J connectivity index is 1.97. The van der Waals surface area contributed by atoms with E-state index in [9.17, 15) is 9.59 Å². The summed E-state index contributed by atoms with van der Waals surface area (Å²) in [4.78, 5) is 32.5. The van der Waals surface area contributed by atoms with Crippen LogP contribution >= 0.6 is 72.4 Å². The van der Waals surface area contributed by atoms with Crippen LogP contribution in [0.5, 0.6) is 11.5 Å². The van der Waals surface area contributed by atoms with Gasteiger partial charge in [-0.3, -0.25) is 9.36 Å². The smallest absolute Gasteiger partial charge is 0.338 e. The highest BCUT2D eigenvalue weighted by Crippen LogP contribution is 2.37. The van der Waals surface area contributed by atoms with Crippen molar-refractivity contribution in [2.75, 3.05) is 13.7 Å². The second kappa shape index (κ2) is 12.2. The van der Waals surface area contributed by atoms with E-state index in [1.165, 1.54) is 11.3 Å². The van der Waals surface area contributed by atoms with Crippen molar-refractivity contribution in [2.24, 2.45) is 4.99 Å². The lowest BCUT2D eigenvalue weighted by Crippen LogP contribution is -2.40. The number of allylic oxidation sites excluding steroid dienone is 1. The molecule has 0 spiro atoms. The van der Waals surface area contributed by atoms with Gasteiger partial charge >= 0.3 is 5.97 Å². The quantitative estimate of drug-likeness (QED) is 0.231. The molecule has 4 rings (SSSR count). The van der Waals surface area contributed by atoms with E-state index in [0.717, 1.165) is 22.9 Å². The number of carbonyl (C=O) groups is 1. The molecule has 0 unspecified atom stereocenters. The molecule has 1 atom stereocenters. The second-order valence-electron chi connectivity index (χ2n) is 8.67. The molecule has 1 aromatic heterocycles. The fourth-order valence-corrected chi connectivity index (χ4v) is 7.72. The summed E-state index contributed by atoms with van der Waals surface area (Å²) in [5, 5.41) is 0. The second-order valence-corrected chi connectivity index (χ2v) is 12.9. The molecule has 1 aliphatic heterocycles. The van der Waals surface area contributed by atoms with E-state index in [1.54, 1.807) is 38.5 Å². The minimum Gasteiger partial charge on any atom is -0.496 e. The molecule has 38 heavy (non-hydrogen) atoms. The predicted molar refractivity (Wildman–Crippen MR) is 169 cm³/mol. The van der Waals surface area contributed by atoms with Gasteiger partial charge in [0, 0.05) is 10.0 Å². The Bertz CT molecular complexity index is 1600. The number of halogens is 3. The van der Waals surface area contributed by atoms with E-state index in [0.29, 0.717) is 38.5 Å². The van der Waals surface area contributed by atoms with Crippen molar-refractivity contribution in [3.05, 3.63) is 84.0 Å². The number of nitrogens with zero attached hydrogens (tertiary/aromatic N) is 2. The maximum absolute atomic E-state index is 13.9. The van der Waals surface area contributed by atoms with E-state index in [-0.39, 0.29) is 11.7 Å². The van der Waals surface area contributed by atoms with Gasteiger partial charge in [0.05, 0.1) is 42.8 Å². The van der Waals surface area contributed by atoms with Crippen molar-refractivity contribution in [3.8, 4) is 11.5 Å². The van der Waals surface area contributed by atoms with Crippen LogP contribution in [0.2, 0.25) is 0 Å². The highest BCUT2D eigenvalue weighted by molar-refractivity contribution is 14.1. The number of fused-ring (bicyclic) bond motifs is 1. The average Bonchev–Trinajstić information content (AvgIpc) is 3.14. The van der Waals surface area contributed by atoms with Crippen LogP contribution in [0.1, 0.15) is 44.9 Å². The normalized spacial score (nSPS) is 15.4. The van der Waals surface area contributed by atoms with Gasteiger partial charge in [-0.2, -0.15) is 0 Å². The van der Waals surface area contributed by atoms with Crippen LogP contribution in [0.25, 0.3) is 6.08 Å². The topological polar surface area (TPSA) is 79.1 Å². The van der Waals surface area contributed by atoms with Gasteiger partial charge in [0.2, 0.25) is 0 Å². The third-order valence-corrected chi connectivity index (χ3v) is 8.76. The maximum atomic E-state index is 13.9. The third kappa shape index (κ3) is 5.89. The van der Waals surface area contributed by atoms with Crippen molar-refractivity contribution in [1.82, 2.24) is 4.57 Å². The fraction of sp³-hybridized carbons (Fsp3) is 0.296. The number of thiazole rings is 1. The van der Waals surface area contributed by atoms with Gasteiger partial charge in [-0.05, 0) is 115 Å². The van der Waals surface area contributed by atoms with E-state index in [4.69, 9.17) is 14.2 Å². The van der Waals surface area contributed by atoms with Gasteiger partial charge in [-0.1, -0.05) is 27.3 Å². The third-order valence-electron chi connectivity index (χ3n) is 5.68. The molecule has 200 valence electrons. The first-order valence-electron chi connectivity index (χ1n) is 11.7. The van der Waals surface area contributed by atoms with Crippen molar-refractivity contribution in [3.63, 3.8) is 0 Å². The summed E-state index contributed by atoms with van der Waals surface area (Å²) < 4.78 is 21.8. The number of aromatic nitrogens is 1. The van der Waals surface area contributed by atoms with E-state index < -0.39 is 12.0 Å². The lowest BCUT2D eigenvalue weighted by molar-refractivity contribution is -0.143. The number of esters is 1. The van der Waals surface area contributed by atoms with Gasteiger partial charge in [0.1, 0.15) is 17.5 Å². The highest BCUT2D eigenvalue weighted by Gasteiger charge is 2.35. The summed E-state index contributed by atoms with van der Waals surface area (Å²) in [6.45, 7) is 7.87. The van der Waals surface area contributed by atoms with Crippen molar-refractivity contribution >= 4 is 84.5 Å². The Labute approximate surface area is 260 Å². The molecule has 0 fully saturated rings. The summed E-state index contributed by atoms with van der Waals surface area (Å²) >= 11 is 9.30. The molecular weight excluding hydrogens is 798 g/mol. The number of hydrogen-bond donors (Lipinski definition) is 0. The molecule has 2 aromatic carbocycles. The highest BCUT2D eigenvalue weighted by atomic mass is 127. The van der Waals surface area contributed by atoms with Crippen LogP contribution in [-0.2, 0) is 9.53 Å². The predicted octanol–water partition coefficient (Wildman–Crippen LogP) is 5.57. The molecule has 0 saturated carbocycles. The summed E-state index contributed by atoms with van der Waals surface area (Å²) in [6, 6.07) is 8.71. The first kappa shape index (κ1) is 29.3. The molecule has 0 saturated heterocycles. The van der Waals surface area contributed by atoms with E-state index in [1.807, 2.05) is 37.3 Å². The van der Waals surface area contributed by atoms with Crippen LogP contribution in [-0.4, -0.2) is 30.4 Å². The summed E-state index contributed by atoms with van der Waals surface area (Å²) in [6.07, 6.45) is 1.52. The molecule has 0 N–H and O–H groups in total. The monoisotopic (exact) mass is 822 g/mol. The molecule has 11 heteroatoms. The molecule has 0 radical (unpaired) electrons. The lowest BCUT2D eigenvalue weighted by atomic mass is 9.95. The van der Waals surface area contributed by atoms with E-state index in [2.05, 4.69) is 66.1 Å². The van der Waals surface area contributed by atoms with Crippen LogP contribution in [0, 0.1) is 7.14 Å². The van der Waals surface area contributed by atoms with Crippen LogP contribution in [0.4, 0.5) is 0 Å². The fourth-order valence-electron chi connectivity index (χ4n) is 4.17. The van der Waals surface area contributed by atoms with Gasteiger partial charge in [-0.15, -0.1) is 0 Å². The zero-order valence-corrected chi connectivity index (χ0v) is 28.0. The standard InChI is InChI=1S/C27H25BrI2N2O5S/c1-6-36-24-18(29)9-15(10-19(24)30)11-21-25(33)32-23(17-12-16(28)7-8-20(17)35-5)22(26(34)37-13(2)3)14(4)31-27(32)38-21/h7-13,23H,6H2,1-5H3/b21-11-/t23-/m0/s1. The Morgan fingerprint density at radius 3 is 2.53 bits per heavy atom.